The van der Waals surface area contributed by atoms with Crippen molar-refractivity contribution < 1.29 is 38.2 Å². The number of aryl methyl sites for hydroxylation is 2. The van der Waals surface area contributed by atoms with Gasteiger partial charge in [-0.25, -0.2) is 4.79 Å². The summed E-state index contributed by atoms with van der Waals surface area (Å²) < 4.78 is 29.0. The second-order valence-electron chi connectivity index (χ2n) is 13.2. The summed E-state index contributed by atoms with van der Waals surface area (Å²) in [5.41, 5.74) is 2.84. The van der Waals surface area contributed by atoms with E-state index in [1.165, 1.54) is 0 Å². The first-order valence-corrected chi connectivity index (χ1v) is 16.9. The molecular formula is C36H49N5O8. The van der Waals surface area contributed by atoms with E-state index in [0.717, 1.165) is 36.3 Å². The summed E-state index contributed by atoms with van der Waals surface area (Å²) in [6.07, 6.45) is 2.19. The van der Waals surface area contributed by atoms with Crippen LogP contribution in [0.1, 0.15) is 67.4 Å². The molecule has 1 aromatic heterocycles. The fourth-order valence-corrected chi connectivity index (χ4v) is 6.12. The number of carbonyl (C=O) groups excluding carboxylic acids is 2. The third-order valence-corrected chi connectivity index (χ3v) is 8.96. The van der Waals surface area contributed by atoms with E-state index in [0.29, 0.717) is 60.4 Å². The van der Waals surface area contributed by atoms with E-state index in [9.17, 15) is 14.7 Å². The number of likely N-dealkylation sites (N-methyl/N-ethyl adjacent to an activating group) is 1. The van der Waals surface area contributed by atoms with Crippen LogP contribution in [0.25, 0.3) is 0 Å². The van der Waals surface area contributed by atoms with Crippen LogP contribution in [0.3, 0.4) is 0 Å². The van der Waals surface area contributed by atoms with Gasteiger partial charge in [0.2, 0.25) is 6.79 Å². The van der Waals surface area contributed by atoms with Gasteiger partial charge in [0, 0.05) is 37.8 Å². The Morgan fingerprint density at radius 3 is 2.61 bits per heavy atom. The number of urea groups is 1. The van der Waals surface area contributed by atoms with Gasteiger partial charge in [0.05, 0.1) is 30.4 Å². The van der Waals surface area contributed by atoms with Crippen molar-refractivity contribution in [1.29, 1.82) is 0 Å². The lowest BCUT2D eigenvalue weighted by atomic mass is 10.0. The second kappa shape index (κ2) is 16.4. The number of nitrogens with one attached hydrogen (secondary N) is 2. The number of hydrogen-bond acceptors (Lipinski definition) is 10. The molecule has 0 saturated carbocycles. The number of ether oxygens (including phenoxy) is 4. The summed E-state index contributed by atoms with van der Waals surface area (Å²) in [7, 11) is 2.05. The summed E-state index contributed by atoms with van der Waals surface area (Å²) in [6, 6.07) is 10.0. The first kappa shape index (κ1) is 36.0. The number of carbonyl (C=O) groups is 2. The van der Waals surface area contributed by atoms with Crippen LogP contribution >= 0.6 is 0 Å². The number of hydrogen-bond donors (Lipinski definition) is 3. The molecule has 2 aliphatic rings. The molecule has 0 fully saturated rings. The number of amides is 3. The highest BCUT2D eigenvalue weighted by Gasteiger charge is 2.30. The van der Waals surface area contributed by atoms with E-state index in [1.54, 1.807) is 36.9 Å². The van der Waals surface area contributed by atoms with Gasteiger partial charge in [0.1, 0.15) is 17.1 Å². The van der Waals surface area contributed by atoms with Crippen LogP contribution in [0.4, 0.5) is 16.2 Å². The van der Waals surface area contributed by atoms with Crippen molar-refractivity contribution in [2.24, 2.45) is 5.92 Å². The van der Waals surface area contributed by atoms with Crippen LogP contribution in [0, 0.1) is 19.8 Å². The quantitative estimate of drug-likeness (QED) is 0.275. The van der Waals surface area contributed by atoms with Gasteiger partial charge in [0.15, 0.2) is 17.3 Å². The molecule has 3 heterocycles. The van der Waals surface area contributed by atoms with E-state index in [-0.39, 0.29) is 37.4 Å². The summed E-state index contributed by atoms with van der Waals surface area (Å²) >= 11 is 0. The van der Waals surface area contributed by atoms with E-state index in [4.69, 9.17) is 23.5 Å². The van der Waals surface area contributed by atoms with Crippen molar-refractivity contribution in [2.75, 3.05) is 50.8 Å². The lowest BCUT2D eigenvalue weighted by Gasteiger charge is -2.36. The summed E-state index contributed by atoms with van der Waals surface area (Å²) in [5.74, 6) is 2.02. The van der Waals surface area contributed by atoms with Gasteiger partial charge >= 0.3 is 6.03 Å². The van der Waals surface area contributed by atoms with Crippen molar-refractivity contribution in [3.63, 3.8) is 0 Å². The van der Waals surface area contributed by atoms with Crippen LogP contribution in [-0.4, -0.2) is 90.4 Å². The molecule has 0 bridgehead atoms. The zero-order valence-electron chi connectivity index (χ0n) is 29.3. The Morgan fingerprint density at radius 1 is 1.08 bits per heavy atom. The van der Waals surface area contributed by atoms with Gasteiger partial charge in [-0.05, 0) is 89.9 Å². The molecule has 5 rings (SSSR count). The molecule has 13 heteroatoms. The van der Waals surface area contributed by atoms with Crippen molar-refractivity contribution in [2.45, 2.75) is 78.7 Å². The largest absolute Gasteiger partial charge is 0.490 e. The predicted molar refractivity (Wildman–Crippen MR) is 184 cm³/mol. The highest BCUT2D eigenvalue weighted by molar-refractivity contribution is 6.03. The Balaban J connectivity index is 1.37. The molecule has 2 aliphatic heterocycles. The van der Waals surface area contributed by atoms with Gasteiger partial charge in [-0.3, -0.25) is 9.69 Å². The van der Waals surface area contributed by atoms with E-state index in [2.05, 4.69) is 34.7 Å². The first-order chi connectivity index (χ1) is 23.5. The number of aromatic nitrogens is 1. The molecule has 0 unspecified atom stereocenters. The third kappa shape index (κ3) is 9.22. The molecule has 0 radical (unpaired) electrons. The van der Waals surface area contributed by atoms with Crippen LogP contribution in [-0.2, 0) is 11.3 Å². The number of rotatable bonds is 8. The monoisotopic (exact) mass is 679 g/mol. The van der Waals surface area contributed by atoms with Gasteiger partial charge in [-0.15, -0.1) is 0 Å². The van der Waals surface area contributed by atoms with E-state index in [1.807, 2.05) is 32.0 Å². The van der Waals surface area contributed by atoms with E-state index < -0.39 is 12.1 Å². The fraction of sp³-hybridized carbons (Fsp3) is 0.528. The number of benzene rings is 2. The Bertz CT molecular complexity index is 1580. The Hall–Kier alpha value is -4.33. The zero-order valence-corrected chi connectivity index (χ0v) is 29.3. The highest BCUT2D eigenvalue weighted by atomic mass is 16.7. The van der Waals surface area contributed by atoms with Crippen LogP contribution in [0.15, 0.2) is 40.9 Å². The number of fused-ring (bicyclic) bond motifs is 2. The summed E-state index contributed by atoms with van der Waals surface area (Å²) in [5, 5.41) is 19.7. The normalized spacial score (nSPS) is 20.7. The molecule has 2 aromatic carbocycles. The maximum atomic E-state index is 14.4. The second-order valence-corrected chi connectivity index (χ2v) is 13.2. The maximum Gasteiger partial charge on any atom is 0.323 e. The van der Waals surface area contributed by atoms with Crippen LogP contribution in [0.5, 0.6) is 17.2 Å². The maximum absolute atomic E-state index is 14.4. The van der Waals surface area contributed by atoms with Gasteiger partial charge in [-0.2, -0.15) is 0 Å². The molecule has 0 spiro atoms. The zero-order chi connectivity index (χ0) is 35.1. The number of nitrogens with zero attached hydrogens (tertiary/aromatic N) is 3. The number of aliphatic hydroxyl groups excluding tert-OH is 1. The molecular weight excluding hydrogens is 630 g/mol. The fourth-order valence-electron chi connectivity index (χ4n) is 6.12. The number of aliphatic hydroxyl groups is 1. The topological polar surface area (TPSA) is 148 Å². The van der Waals surface area contributed by atoms with Gasteiger partial charge < -0.3 is 44.1 Å². The molecule has 0 aliphatic carbocycles. The lowest BCUT2D eigenvalue weighted by molar-refractivity contribution is -0.0177. The number of anilines is 2. The van der Waals surface area contributed by atoms with Crippen LogP contribution < -0.4 is 24.8 Å². The average molecular weight is 680 g/mol. The molecule has 266 valence electrons. The molecule has 3 amide bonds. The van der Waals surface area contributed by atoms with Crippen molar-refractivity contribution >= 4 is 23.3 Å². The Labute approximate surface area is 287 Å². The highest BCUT2D eigenvalue weighted by Crippen LogP contribution is 2.33. The van der Waals surface area contributed by atoms with Crippen LogP contribution in [0.2, 0.25) is 0 Å². The minimum Gasteiger partial charge on any atom is -0.490 e. The first-order valence-electron chi connectivity index (χ1n) is 16.9. The minimum atomic E-state index is -0.504. The molecule has 3 aromatic rings. The van der Waals surface area contributed by atoms with Crippen molar-refractivity contribution in [3.8, 4) is 17.2 Å². The standard InChI is InChI=1S/C36H49N5O8/c1-22-17-41(23(2)20-42)35(43)29-16-28(37-36(44)38-34-25(4)39-49-26(34)5)11-13-30(29)48-24(3)9-7-8-14-45-33(22)19-40(6)18-27-10-12-31-32(15-27)47-21-46-31/h10-13,15-16,22-24,33,42H,7-9,14,17-21H2,1-6H3,(H2,37,38,44)/t22-,23+,24-,33+/m1/s1. The van der Waals surface area contributed by atoms with Gasteiger partial charge in [0.25, 0.3) is 5.91 Å². The Morgan fingerprint density at radius 2 is 1.86 bits per heavy atom. The molecule has 0 saturated heterocycles. The van der Waals surface area contributed by atoms with Crippen molar-refractivity contribution in [3.05, 3.63) is 59.0 Å². The molecule has 13 nitrogen and oxygen atoms in total. The molecule has 3 N–H and O–H groups in total. The Kier molecular flexibility index (Phi) is 12.0. The van der Waals surface area contributed by atoms with E-state index >= 15 is 0 Å². The SMILES string of the molecule is Cc1noc(C)c1NC(=O)Nc1ccc2c(c1)C(=O)N([C@@H](C)CO)C[C@@H](C)[C@H](CN(C)Cc1ccc3c(c1)OCO3)OCCCC[C@@H](C)O2. The van der Waals surface area contributed by atoms with Gasteiger partial charge in [-0.1, -0.05) is 18.1 Å². The lowest BCUT2D eigenvalue weighted by Crippen LogP contribution is -2.47. The minimum absolute atomic E-state index is 0.0782. The summed E-state index contributed by atoms with van der Waals surface area (Å²) in [6.45, 7) is 11.6. The third-order valence-electron chi connectivity index (χ3n) is 8.96. The predicted octanol–water partition coefficient (Wildman–Crippen LogP) is 5.59. The summed E-state index contributed by atoms with van der Waals surface area (Å²) in [4.78, 5) is 31.2. The smallest absolute Gasteiger partial charge is 0.323 e. The van der Waals surface area contributed by atoms with Crippen molar-refractivity contribution in [1.82, 2.24) is 15.0 Å². The molecule has 4 atom stereocenters. The average Bonchev–Trinajstić information content (AvgIpc) is 3.67. The molecule has 49 heavy (non-hydrogen) atoms.